The summed E-state index contributed by atoms with van der Waals surface area (Å²) in [7, 11) is 1.81. The molecule has 0 aliphatic heterocycles. The number of aliphatic carboxylic acids is 1. The zero-order valence-electron chi connectivity index (χ0n) is 9.35. The Labute approximate surface area is 103 Å². The number of likely N-dealkylation sites (N-methyl/N-ethyl adjacent to an activating group) is 1. The summed E-state index contributed by atoms with van der Waals surface area (Å²) in [6, 6.07) is 1.50. The average molecular weight is 287 g/mol. The number of aromatic nitrogens is 1. The summed E-state index contributed by atoms with van der Waals surface area (Å²) in [6.45, 7) is 2.45. The number of rotatable bonds is 5. The maximum absolute atomic E-state index is 11.0. The molecule has 0 amide bonds. The predicted octanol–water partition coefficient (Wildman–Crippen LogP) is 2.14. The third kappa shape index (κ3) is 3.57. The van der Waals surface area contributed by atoms with E-state index < -0.39 is 12.0 Å². The fraction of sp³-hybridized carbons (Fsp3) is 0.455. The molecule has 0 bridgehead atoms. The molecule has 0 radical (unpaired) electrons. The lowest BCUT2D eigenvalue weighted by Gasteiger charge is -2.23. The lowest BCUT2D eigenvalue weighted by molar-refractivity contribution is -0.143. The fourth-order valence-electron chi connectivity index (χ4n) is 1.62. The number of carboxylic acids is 1. The second-order valence-electron chi connectivity index (χ2n) is 3.69. The summed E-state index contributed by atoms with van der Waals surface area (Å²) in [5, 5.41) is 9.01. The predicted molar refractivity (Wildman–Crippen MR) is 65.1 cm³/mol. The molecule has 1 unspecified atom stereocenters. The quantitative estimate of drug-likeness (QED) is 0.901. The minimum Gasteiger partial charge on any atom is -0.480 e. The van der Waals surface area contributed by atoms with E-state index in [1.165, 1.54) is 0 Å². The smallest absolute Gasteiger partial charge is 0.320 e. The molecule has 0 fully saturated rings. The molecule has 4 nitrogen and oxygen atoms in total. The van der Waals surface area contributed by atoms with Gasteiger partial charge in [-0.1, -0.05) is 6.92 Å². The van der Waals surface area contributed by atoms with Crippen LogP contribution in [0.25, 0.3) is 0 Å². The standard InChI is InChI=1S/C11H15BrN2O2/c1-3-10(11(15)16)14(2)7-8-4-9(12)6-13-5-8/h4-6,10H,3,7H2,1-2H3,(H,15,16). The minimum absolute atomic E-state index is 0.445. The summed E-state index contributed by atoms with van der Waals surface area (Å²) in [5.41, 5.74) is 0.997. The summed E-state index contributed by atoms with van der Waals surface area (Å²) < 4.78 is 0.904. The van der Waals surface area contributed by atoms with Crippen LogP contribution in [0, 0.1) is 0 Å². The van der Waals surface area contributed by atoms with Gasteiger partial charge in [-0.15, -0.1) is 0 Å². The molecular weight excluding hydrogens is 272 g/mol. The molecule has 1 aromatic heterocycles. The Hall–Kier alpha value is -0.940. The highest BCUT2D eigenvalue weighted by molar-refractivity contribution is 9.10. The highest BCUT2D eigenvalue weighted by Gasteiger charge is 2.20. The SMILES string of the molecule is CCC(C(=O)O)N(C)Cc1cncc(Br)c1. The molecule has 1 rings (SSSR count). The van der Waals surface area contributed by atoms with E-state index >= 15 is 0 Å². The maximum Gasteiger partial charge on any atom is 0.320 e. The highest BCUT2D eigenvalue weighted by atomic mass is 79.9. The lowest BCUT2D eigenvalue weighted by Crippen LogP contribution is -2.37. The van der Waals surface area contributed by atoms with Gasteiger partial charge in [0.2, 0.25) is 0 Å². The molecule has 5 heteroatoms. The van der Waals surface area contributed by atoms with Gasteiger partial charge in [-0.2, -0.15) is 0 Å². The Morgan fingerprint density at radius 1 is 1.62 bits per heavy atom. The van der Waals surface area contributed by atoms with Crippen molar-refractivity contribution in [1.82, 2.24) is 9.88 Å². The molecule has 0 aliphatic rings. The number of hydrogen-bond acceptors (Lipinski definition) is 3. The van der Waals surface area contributed by atoms with Crippen LogP contribution in [0.3, 0.4) is 0 Å². The fourth-order valence-corrected chi connectivity index (χ4v) is 2.03. The van der Waals surface area contributed by atoms with E-state index in [0.717, 1.165) is 10.0 Å². The van der Waals surface area contributed by atoms with Crippen LogP contribution in [-0.2, 0) is 11.3 Å². The maximum atomic E-state index is 11.0. The van der Waals surface area contributed by atoms with Crippen molar-refractivity contribution in [2.24, 2.45) is 0 Å². The molecular formula is C11H15BrN2O2. The van der Waals surface area contributed by atoms with Crippen molar-refractivity contribution in [3.63, 3.8) is 0 Å². The molecule has 88 valence electrons. The third-order valence-electron chi connectivity index (χ3n) is 2.40. The lowest BCUT2D eigenvalue weighted by atomic mass is 10.2. The molecule has 0 aliphatic carbocycles. The summed E-state index contributed by atoms with van der Waals surface area (Å²) in [6.07, 6.45) is 4.04. The summed E-state index contributed by atoms with van der Waals surface area (Å²) in [4.78, 5) is 16.8. The van der Waals surface area contributed by atoms with Gasteiger partial charge in [0.15, 0.2) is 0 Å². The van der Waals surface area contributed by atoms with Crippen LogP contribution in [-0.4, -0.2) is 34.0 Å². The topological polar surface area (TPSA) is 53.4 Å². The Balaban J connectivity index is 2.69. The van der Waals surface area contributed by atoms with Crippen molar-refractivity contribution in [2.45, 2.75) is 25.9 Å². The molecule has 16 heavy (non-hydrogen) atoms. The first-order valence-corrected chi connectivity index (χ1v) is 5.86. The monoisotopic (exact) mass is 286 g/mol. The zero-order valence-corrected chi connectivity index (χ0v) is 10.9. The Morgan fingerprint density at radius 3 is 2.81 bits per heavy atom. The van der Waals surface area contributed by atoms with E-state index in [1.54, 1.807) is 12.4 Å². The van der Waals surface area contributed by atoms with E-state index in [-0.39, 0.29) is 0 Å². The van der Waals surface area contributed by atoms with E-state index in [9.17, 15) is 4.79 Å². The number of nitrogens with zero attached hydrogens (tertiary/aromatic N) is 2. The number of halogens is 1. The summed E-state index contributed by atoms with van der Waals surface area (Å²) >= 11 is 3.34. The van der Waals surface area contributed by atoms with E-state index in [0.29, 0.717) is 13.0 Å². The first-order valence-electron chi connectivity index (χ1n) is 5.07. The van der Waals surface area contributed by atoms with Crippen LogP contribution in [0.4, 0.5) is 0 Å². The van der Waals surface area contributed by atoms with Crippen LogP contribution in [0.15, 0.2) is 22.9 Å². The molecule has 1 N–H and O–H groups in total. The van der Waals surface area contributed by atoms with E-state index in [1.807, 2.05) is 24.9 Å². The van der Waals surface area contributed by atoms with Crippen LogP contribution in [0.1, 0.15) is 18.9 Å². The van der Waals surface area contributed by atoms with E-state index in [2.05, 4.69) is 20.9 Å². The van der Waals surface area contributed by atoms with Crippen molar-refractivity contribution in [3.05, 3.63) is 28.5 Å². The van der Waals surface area contributed by atoms with Crippen LogP contribution < -0.4 is 0 Å². The molecule has 1 heterocycles. The van der Waals surface area contributed by atoms with Crippen molar-refractivity contribution in [1.29, 1.82) is 0 Å². The van der Waals surface area contributed by atoms with Gasteiger partial charge in [0.25, 0.3) is 0 Å². The van der Waals surface area contributed by atoms with Gasteiger partial charge in [-0.25, -0.2) is 0 Å². The summed E-state index contributed by atoms with van der Waals surface area (Å²) in [5.74, 6) is -0.784. The van der Waals surface area contributed by atoms with Crippen molar-refractivity contribution < 1.29 is 9.90 Å². The minimum atomic E-state index is -0.784. The molecule has 0 saturated heterocycles. The first kappa shape index (κ1) is 13.1. The molecule has 0 spiro atoms. The van der Waals surface area contributed by atoms with Gasteiger partial charge in [0.05, 0.1) is 0 Å². The van der Waals surface area contributed by atoms with Gasteiger partial charge in [0.1, 0.15) is 6.04 Å². The van der Waals surface area contributed by atoms with Gasteiger partial charge >= 0.3 is 5.97 Å². The molecule has 0 aromatic carbocycles. The third-order valence-corrected chi connectivity index (χ3v) is 2.83. The molecule has 0 saturated carbocycles. The Kier molecular flexibility index (Phi) is 4.89. The Morgan fingerprint density at radius 2 is 2.31 bits per heavy atom. The van der Waals surface area contributed by atoms with E-state index in [4.69, 9.17) is 5.11 Å². The van der Waals surface area contributed by atoms with Crippen LogP contribution in [0.5, 0.6) is 0 Å². The van der Waals surface area contributed by atoms with Gasteiger partial charge in [-0.3, -0.25) is 14.7 Å². The largest absolute Gasteiger partial charge is 0.480 e. The van der Waals surface area contributed by atoms with Gasteiger partial charge in [0, 0.05) is 23.4 Å². The second-order valence-corrected chi connectivity index (χ2v) is 4.60. The number of hydrogen-bond donors (Lipinski definition) is 1. The number of carbonyl (C=O) groups is 1. The van der Waals surface area contributed by atoms with Gasteiger partial charge in [-0.05, 0) is 41.0 Å². The van der Waals surface area contributed by atoms with Crippen LogP contribution >= 0.6 is 15.9 Å². The first-order chi connectivity index (χ1) is 7.54. The normalized spacial score (nSPS) is 12.8. The molecule has 1 aromatic rings. The van der Waals surface area contributed by atoms with Crippen molar-refractivity contribution >= 4 is 21.9 Å². The number of pyridine rings is 1. The van der Waals surface area contributed by atoms with Crippen molar-refractivity contribution in [3.8, 4) is 0 Å². The zero-order chi connectivity index (χ0) is 12.1. The Bertz CT molecular complexity index is 371. The van der Waals surface area contributed by atoms with Crippen LogP contribution in [0.2, 0.25) is 0 Å². The average Bonchev–Trinajstić information content (AvgIpc) is 2.17. The van der Waals surface area contributed by atoms with Gasteiger partial charge < -0.3 is 5.11 Å². The van der Waals surface area contributed by atoms with Crippen molar-refractivity contribution in [2.75, 3.05) is 7.05 Å². The highest BCUT2D eigenvalue weighted by Crippen LogP contribution is 2.13. The number of carboxylic acid groups (broad SMARTS) is 1. The molecule has 1 atom stereocenters. The second kappa shape index (κ2) is 5.96.